The number of nitrogens with two attached hydrogens (primary N) is 1. The topological polar surface area (TPSA) is 44.5 Å². The second kappa shape index (κ2) is 7.53. The fourth-order valence-corrected chi connectivity index (χ4v) is 2.76. The smallest absolute Gasteiger partial charge is 0.161 e. The first-order valence-corrected chi connectivity index (χ1v) is 7.91. The van der Waals surface area contributed by atoms with Gasteiger partial charge in [0.15, 0.2) is 11.5 Å². The van der Waals surface area contributed by atoms with Crippen LogP contribution in [0.2, 0.25) is 0 Å². The van der Waals surface area contributed by atoms with Gasteiger partial charge < -0.3 is 15.2 Å². The molecule has 0 spiro atoms. The molecule has 1 aromatic carbocycles. The van der Waals surface area contributed by atoms with Crippen LogP contribution in [0.5, 0.6) is 11.5 Å². The van der Waals surface area contributed by atoms with Crippen molar-refractivity contribution in [3.05, 3.63) is 23.8 Å². The lowest BCUT2D eigenvalue weighted by molar-refractivity contribution is 0.296. The van der Waals surface area contributed by atoms with Gasteiger partial charge in [0, 0.05) is 12.5 Å². The predicted molar refractivity (Wildman–Crippen MR) is 82.3 cm³/mol. The molecule has 112 valence electrons. The van der Waals surface area contributed by atoms with Gasteiger partial charge in [0.2, 0.25) is 0 Å². The Morgan fingerprint density at radius 2 is 1.90 bits per heavy atom. The molecule has 2 rings (SSSR count). The van der Waals surface area contributed by atoms with Crippen molar-refractivity contribution in [2.45, 2.75) is 52.0 Å². The van der Waals surface area contributed by atoms with Crippen molar-refractivity contribution in [1.82, 2.24) is 0 Å². The summed E-state index contributed by atoms with van der Waals surface area (Å²) in [4.78, 5) is 0. The molecular formula is C17H27NO2. The van der Waals surface area contributed by atoms with E-state index in [4.69, 9.17) is 15.2 Å². The normalized spacial score (nSPS) is 17.4. The number of rotatable bonds is 6. The maximum atomic E-state index is 6.47. The van der Waals surface area contributed by atoms with Crippen LogP contribution in [0.25, 0.3) is 0 Å². The van der Waals surface area contributed by atoms with Gasteiger partial charge in [-0.05, 0) is 30.0 Å². The van der Waals surface area contributed by atoms with E-state index in [2.05, 4.69) is 26.0 Å². The zero-order valence-corrected chi connectivity index (χ0v) is 12.7. The van der Waals surface area contributed by atoms with Crippen LogP contribution in [-0.2, 0) is 0 Å². The third-order valence-corrected chi connectivity index (χ3v) is 4.12. The fraction of sp³-hybridized carbons (Fsp3) is 0.647. The van der Waals surface area contributed by atoms with E-state index < -0.39 is 0 Å². The number of ether oxygens (including phenoxy) is 2. The van der Waals surface area contributed by atoms with E-state index in [1.165, 1.54) is 19.3 Å². The number of benzene rings is 1. The minimum atomic E-state index is 0.0868. The summed E-state index contributed by atoms with van der Waals surface area (Å²) in [5.41, 5.74) is 7.63. The molecule has 1 aliphatic rings. The van der Waals surface area contributed by atoms with Gasteiger partial charge in [-0.25, -0.2) is 0 Å². The van der Waals surface area contributed by atoms with Gasteiger partial charge in [-0.2, -0.15) is 0 Å². The molecule has 0 bridgehead atoms. The summed E-state index contributed by atoms with van der Waals surface area (Å²) in [5, 5.41) is 0. The van der Waals surface area contributed by atoms with Crippen LogP contribution in [0.15, 0.2) is 18.2 Å². The van der Waals surface area contributed by atoms with Crippen molar-refractivity contribution in [3.8, 4) is 11.5 Å². The van der Waals surface area contributed by atoms with Gasteiger partial charge in [-0.15, -0.1) is 0 Å². The highest BCUT2D eigenvalue weighted by Gasteiger charge is 2.20. The number of unbranched alkanes of at least 4 members (excludes halogenated alkanes) is 1. The Morgan fingerprint density at radius 3 is 2.60 bits per heavy atom. The van der Waals surface area contributed by atoms with Crippen LogP contribution < -0.4 is 15.2 Å². The molecule has 0 fully saturated rings. The van der Waals surface area contributed by atoms with Gasteiger partial charge in [-0.3, -0.25) is 0 Å². The maximum Gasteiger partial charge on any atom is 0.161 e. The third-order valence-electron chi connectivity index (χ3n) is 4.12. The summed E-state index contributed by atoms with van der Waals surface area (Å²) in [5.74, 6) is 2.24. The SMILES string of the molecule is CCCCC(CC)C(N)c1ccc2c(c1)OCCCO2. The van der Waals surface area contributed by atoms with Gasteiger partial charge in [0.25, 0.3) is 0 Å². The number of fused-ring (bicyclic) bond motifs is 1. The molecule has 0 aliphatic carbocycles. The van der Waals surface area contributed by atoms with Crippen molar-refractivity contribution in [1.29, 1.82) is 0 Å². The van der Waals surface area contributed by atoms with E-state index in [1.54, 1.807) is 0 Å². The molecule has 0 amide bonds. The van der Waals surface area contributed by atoms with Crippen LogP contribution in [-0.4, -0.2) is 13.2 Å². The summed E-state index contributed by atoms with van der Waals surface area (Å²) in [6, 6.07) is 6.25. The minimum Gasteiger partial charge on any atom is -0.490 e. The van der Waals surface area contributed by atoms with Crippen molar-refractivity contribution in [2.24, 2.45) is 11.7 Å². The van der Waals surface area contributed by atoms with Crippen molar-refractivity contribution < 1.29 is 9.47 Å². The molecule has 0 aromatic heterocycles. The van der Waals surface area contributed by atoms with E-state index in [9.17, 15) is 0 Å². The molecule has 1 aromatic rings. The lowest BCUT2D eigenvalue weighted by atomic mass is 9.87. The lowest BCUT2D eigenvalue weighted by Crippen LogP contribution is -2.21. The Morgan fingerprint density at radius 1 is 1.15 bits per heavy atom. The predicted octanol–water partition coefficient (Wildman–Crippen LogP) is 4.06. The van der Waals surface area contributed by atoms with E-state index in [0.717, 1.165) is 43.1 Å². The quantitative estimate of drug-likeness (QED) is 0.852. The van der Waals surface area contributed by atoms with Crippen molar-refractivity contribution >= 4 is 0 Å². The third kappa shape index (κ3) is 3.66. The average Bonchev–Trinajstić information content (AvgIpc) is 2.72. The van der Waals surface area contributed by atoms with Crippen LogP contribution >= 0.6 is 0 Å². The van der Waals surface area contributed by atoms with E-state index in [-0.39, 0.29) is 6.04 Å². The molecule has 2 atom stereocenters. The van der Waals surface area contributed by atoms with Crippen molar-refractivity contribution in [3.63, 3.8) is 0 Å². The summed E-state index contributed by atoms with van der Waals surface area (Å²) < 4.78 is 11.4. The summed E-state index contributed by atoms with van der Waals surface area (Å²) in [7, 11) is 0. The first-order chi connectivity index (χ1) is 9.76. The Kier molecular flexibility index (Phi) is 5.72. The molecule has 2 N–H and O–H groups in total. The van der Waals surface area contributed by atoms with Crippen LogP contribution in [0.3, 0.4) is 0 Å². The minimum absolute atomic E-state index is 0.0868. The van der Waals surface area contributed by atoms with Crippen LogP contribution in [0.1, 0.15) is 57.6 Å². The summed E-state index contributed by atoms with van der Waals surface area (Å²) in [6.07, 6.45) is 5.73. The fourth-order valence-electron chi connectivity index (χ4n) is 2.76. The second-order valence-electron chi connectivity index (χ2n) is 5.59. The molecule has 0 saturated heterocycles. The average molecular weight is 277 g/mol. The molecule has 20 heavy (non-hydrogen) atoms. The zero-order chi connectivity index (χ0) is 14.4. The van der Waals surface area contributed by atoms with Crippen LogP contribution in [0.4, 0.5) is 0 Å². The molecule has 1 heterocycles. The number of hydrogen-bond donors (Lipinski definition) is 1. The standard InChI is InChI=1S/C17H27NO2/c1-3-5-7-13(4-2)17(18)14-8-9-15-16(12-14)20-11-6-10-19-15/h8-9,12-13,17H,3-7,10-11,18H2,1-2H3. The second-order valence-corrected chi connectivity index (χ2v) is 5.59. The van der Waals surface area contributed by atoms with E-state index in [0.29, 0.717) is 5.92 Å². The maximum absolute atomic E-state index is 6.47. The first-order valence-electron chi connectivity index (χ1n) is 7.91. The van der Waals surface area contributed by atoms with Gasteiger partial charge >= 0.3 is 0 Å². The van der Waals surface area contributed by atoms with Crippen molar-refractivity contribution in [2.75, 3.05) is 13.2 Å². The summed E-state index contributed by atoms with van der Waals surface area (Å²) >= 11 is 0. The molecule has 3 nitrogen and oxygen atoms in total. The van der Waals surface area contributed by atoms with Gasteiger partial charge in [-0.1, -0.05) is 39.2 Å². The highest BCUT2D eigenvalue weighted by atomic mass is 16.5. The van der Waals surface area contributed by atoms with Crippen LogP contribution in [0, 0.1) is 5.92 Å². The Labute approximate surface area is 122 Å². The monoisotopic (exact) mass is 277 g/mol. The molecule has 0 radical (unpaired) electrons. The highest BCUT2D eigenvalue weighted by molar-refractivity contribution is 5.44. The van der Waals surface area contributed by atoms with E-state index in [1.807, 2.05) is 6.07 Å². The van der Waals surface area contributed by atoms with E-state index >= 15 is 0 Å². The number of hydrogen-bond acceptors (Lipinski definition) is 3. The molecule has 2 unspecified atom stereocenters. The Bertz CT molecular complexity index is 419. The largest absolute Gasteiger partial charge is 0.490 e. The summed E-state index contributed by atoms with van der Waals surface area (Å²) in [6.45, 7) is 5.90. The molecule has 1 aliphatic heterocycles. The first kappa shape index (κ1) is 15.2. The molecular weight excluding hydrogens is 250 g/mol. The lowest BCUT2D eigenvalue weighted by Gasteiger charge is -2.23. The molecule has 3 heteroatoms. The van der Waals surface area contributed by atoms with Gasteiger partial charge in [0.05, 0.1) is 13.2 Å². The Hall–Kier alpha value is -1.22. The zero-order valence-electron chi connectivity index (χ0n) is 12.7. The highest BCUT2D eigenvalue weighted by Crippen LogP contribution is 2.35. The van der Waals surface area contributed by atoms with Gasteiger partial charge in [0.1, 0.15) is 0 Å². The Balaban J connectivity index is 2.12. The molecule has 0 saturated carbocycles.